The highest BCUT2D eigenvalue weighted by Crippen LogP contribution is 2.28. The molecule has 4 heteroatoms. The predicted molar refractivity (Wildman–Crippen MR) is 81.6 cm³/mol. The molecule has 0 amide bonds. The third-order valence-electron chi connectivity index (χ3n) is 2.82. The highest BCUT2D eigenvalue weighted by Gasteiger charge is 2.33. The summed E-state index contributed by atoms with van der Waals surface area (Å²) >= 11 is 0. The van der Waals surface area contributed by atoms with Gasteiger partial charge in [-0.1, -0.05) is 27.7 Å². The Morgan fingerprint density at radius 3 is 2.31 bits per heavy atom. The second kappa shape index (κ2) is 6.67. The highest BCUT2D eigenvalue weighted by atomic mass is 127. The average molecular weight is 339 g/mol. The number of hydrogen-bond donors (Lipinski definition) is 2. The van der Waals surface area contributed by atoms with E-state index in [9.17, 15) is 0 Å². The predicted octanol–water partition coefficient (Wildman–Crippen LogP) is 2.61. The summed E-state index contributed by atoms with van der Waals surface area (Å²) in [6.45, 7) is 10.0. The number of hydrogen-bond acceptors (Lipinski definition) is 1. The van der Waals surface area contributed by atoms with Crippen molar-refractivity contribution in [2.45, 2.75) is 46.6 Å². The van der Waals surface area contributed by atoms with Gasteiger partial charge in [0.15, 0.2) is 5.96 Å². The van der Waals surface area contributed by atoms with Gasteiger partial charge in [0, 0.05) is 19.6 Å². The van der Waals surface area contributed by atoms with E-state index >= 15 is 0 Å². The molecule has 2 unspecified atom stereocenters. The van der Waals surface area contributed by atoms with Crippen molar-refractivity contribution in [3.63, 3.8) is 0 Å². The van der Waals surface area contributed by atoms with Gasteiger partial charge in [0.25, 0.3) is 0 Å². The summed E-state index contributed by atoms with van der Waals surface area (Å²) in [5, 5.41) is 6.77. The van der Waals surface area contributed by atoms with Gasteiger partial charge in [0.2, 0.25) is 0 Å². The van der Waals surface area contributed by atoms with Gasteiger partial charge in [-0.15, -0.1) is 24.0 Å². The third kappa shape index (κ3) is 6.55. The molecule has 1 saturated carbocycles. The van der Waals surface area contributed by atoms with Crippen molar-refractivity contribution in [2.75, 3.05) is 13.6 Å². The maximum atomic E-state index is 4.22. The van der Waals surface area contributed by atoms with Crippen LogP contribution in [0.1, 0.15) is 40.5 Å². The zero-order chi connectivity index (χ0) is 11.5. The van der Waals surface area contributed by atoms with Crippen LogP contribution >= 0.6 is 24.0 Å². The van der Waals surface area contributed by atoms with Gasteiger partial charge in [-0.2, -0.15) is 0 Å². The fourth-order valence-corrected chi connectivity index (χ4v) is 1.45. The molecule has 0 radical (unpaired) electrons. The highest BCUT2D eigenvalue weighted by molar-refractivity contribution is 14.0. The van der Waals surface area contributed by atoms with Crippen molar-refractivity contribution in [1.82, 2.24) is 10.6 Å². The van der Waals surface area contributed by atoms with Crippen LogP contribution in [0.4, 0.5) is 0 Å². The summed E-state index contributed by atoms with van der Waals surface area (Å²) in [6, 6.07) is 0.644. The standard InChI is InChI=1S/C12H25N3.HI/c1-9-8-10(9)15-11(13-5)14-7-6-12(2,3)4;/h9-10H,6-8H2,1-5H3,(H2,13,14,15);1H. The first-order valence-electron chi connectivity index (χ1n) is 5.89. The Balaban J connectivity index is 0.00000225. The van der Waals surface area contributed by atoms with E-state index < -0.39 is 0 Å². The first-order chi connectivity index (χ1) is 6.92. The largest absolute Gasteiger partial charge is 0.356 e. The lowest BCUT2D eigenvalue weighted by Gasteiger charge is -2.19. The Labute approximate surface area is 117 Å². The van der Waals surface area contributed by atoms with Gasteiger partial charge in [-0.3, -0.25) is 4.99 Å². The van der Waals surface area contributed by atoms with E-state index in [0.717, 1.165) is 24.8 Å². The van der Waals surface area contributed by atoms with E-state index in [1.54, 1.807) is 0 Å². The van der Waals surface area contributed by atoms with Crippen molar-refractivity contribution in [1.29, 1.82) is 0 Å². The summed E-state index contributed by atoms with van der Waals surface area (Å²) in [4.78, 5) is 4.22. The van der Waals surface area contributed by atoms with E-state index in [2.05, 4.69) is 43.3 Å². The van der Waals surface area contributed by atoms with Crippen LogP contribution in [-0.2, 0) is 0 Å². The molecule has 3 nitrogen and oxygen atoms in total. The van der Waals surface area contributed by atoms with E-state index in [0.29, 0.717) is 11.5 Å². The summed E-state index contributed by atoms with van der Waals surface area (Å²) in [6.07, 6.45) is 2.44. The molecule has 0 aromatic rings. The maximum absolute atomic E-state index is 4.22. The Hall–Kier alpha value is 0. The first-order valence-corrected chi connectivity index (χ1v) is 5.89. The van der Waals surface area contributed by atoms with Crippen LogP contribution in [0.15, 0.2) is 4.99 Å². The molecule has 0 saturated heterocycles. The molecule has 2 atom stereocenters. The van der Waals surface area contributed by atoms with Crippen LogP contribution in [0, 0.1) is 11.3 Å². The molecule has 0 bridgehead atoms. The zero-order valence-electron chi connectivity index (χ0n) is 11.1. The fraction of sp³-hybridized carbons (Fsp3) is 0.917. The molecule has 16 heavy (non-hydrogen) atoms. The quantitative estimate of drug-likeness (QED) is 0.471. The molecule has 0 aliphatic heterocycles. The minimum atomic E-state index is 0. The van der Waals surface area contributed by atoms with Gasteiger partial charge in [0.1, 0.15) is 0 Å². The molecular weight excluding hydrogens is 313 g/mol. The number of rotatable bonds is 3. The van der Waals surface area contributed by atoms with Crippen molar-refractivity contribution in [3.8, 4) is 0 Å². The monoisotopic (exact) mass is 339 g/mol. The molecule has 1 aliphatic rings. The van der Waals surface area contributed by atoms with Gasteiger partial charge in [-0.05, 0) is 24.2 Å². The molecule has 0 aromatic heterocycles. The smallest absolute Gasteiger partial charge is 0.191 e. The number of nitrogens with zero attached hydrogens (tertiary/aromatic N) is 1. The Bertz CT molecular complexity index is 233. The van der Waals surface area contributed by atoms with Crippen LogP contribution in [-0.4, -0.2) is 25.6 Å². The van der Waals surface area contributed by atoms with E-state index in [1.165, 1.54) is 6.42 Å². The molecular formula is C12H26IN3. The SMILES string of the molecule is CN=C(NCCC(C)(C)C)NC1CC1C.I. The van der Waals surface area contributed by atoms with Gasteiger partial charge < -0.3 is 10.6 Å². The van der Waals surface area contributed by atoms with Crippen LogP contribution in [0.5, 0.6) is 0 Å². The number of halogens is 1. The summed E-state index contributed by atoms with van der Waals surface area (Å²) < 4.78 is 0. The number of guanidine groups is 1. The molecule has 1 rings (SSSR count). The zero-order valence-corrected chi connectivity index (χ0v) is 13.5. The maximum Gasteiger partial charge on any atom is 0.191 e. The Kier molecular flexibility index (Phi) is 6.67. The molecule has 1 fully saturated rings. The topological polar surface area (TPSA) is 36.4 Å². The van der Waals surface area contributed by atoms with Crippen LogP contribution in [0.2, 0.25) is 0 Å². The minimum Gasteiger partial charge on any atom is -0.356 e. The normalized spacial score (nSPS) is 24.7. The molecule has 1 aliphatic carbocycles. The molecule has 96 valence electrons. The van der Waals surface area contributed by atoms with E-state index in [1.807, 2.05) is 7.05 Å². The average Bonchev–Trinajstić information content (AvgIpc) is 2.78. The second-order valence-corrected chi connectivity index (χ2v) is 5.77. The number of nitrogens with one attached hydrogen (secondary N) is 2. The third-order valence-corrected chi connectivity index (χ3v) is 2.82. The Morgan fingerprint density at radius 1 is 1.38 bits per heavy atom. The molecule has 0 heterocycles. The number of aliphatic imine (C=N–C) groups is 1. The molecule has 2 N–H and O–H groups in total. The van der Waals surface area contributed by atoms with E-state index in [-0.39, 0.29) is 24.0 Å². The molecule has 0 spiro atoms. The summed E-state index contributed by atoms with van der Waals surface area (Å²) in [7, 11) is 1.83. The minimum absolute atomic E-state index is 0. The Morgan fingerprint density at radius 2 is 1.94 bits per heavy atom. The second-order valence-electron chi connectivity index (χ2n) is 5.77. The lowest BCUT2D eigenvalue weighted by molar-refractivity contribution is 0.377. The lowest BCUT2D eigenvalue weighted by atomic mass is 9.92. The molecule has 0 aromatic carbocycles. The van der Waals surface area contributed by atoms with Crippen molar-refractivity contribution in [3.05, 3.63) is 0 Å². The van der Waals surface area contributed by atoms with Crippen LogP contribution in [0.3, 0.4) is 0 Å². The van der Waals surface area contributed by atoms with E-state index in [4.69, 9.17) is 0 Å². The van der Waals surface area contributed by atoms with Crippen molar-refractivity contribution in [2.24, 2.45) is 16.3 Å². The van der Waals surface area contributed by atoms with Gasteiger partial charge in [-0.25, -0.2) is 0 Å². The van der Waals surface area contributed by atoms with Crippen molar-refractivity contribution < 1.29 is 0 Å². The van der Waals surface area contributed by atoms with Crippen LogP contribution < -0.4 is 10.6 Å². The fourth-order valence-electron chi connectivity index (χ4n) is 1.45. The lowest BCUT2D eigenvalue weighted by Crippen LogP contribution is -2.40. The van der Waals surface area contributed by atoms with Crippen molar-refractivity contribution >= 4 is 29.9 Å². The van der Waals surface area contributed by atoms with Gasteiger partial charge >= 0.3 is 0 Å². The first kappa shape index (κ1) is 16.0. The summed E-state index contributed by atoms with van der Waals surface area (Å²) in [5.74, 6) is 1.76. The van der Waals surface area contributed by atoms with Gasteiger partial charge in [0.05, 0.1) is 0 Å². The summed E-state index contributed by atoms with van der Waals surface area (Å²) in [5.41, 5.74) is 0.388. The van der Waals surface area contributed by atoms with Crippen LogP contribution in [0.25, 0.3) is 0 Å².